The summed E-state index contributed by atoms with van der Waals surface area (Å²) in [6.07, 6.45) is 0.899. The van der Waals surface area contributed by atoms with Crippen molar-refractivity contribution >= 4 is 17.3 Å². The van der Waals surface area contributed by atoms with Crippen molar-refractivity contribution in [3.8, 4) is 5.75 Å². The van der Waals surface area contributed by atoms with E-state index in [1.165, 1.54) is 12.1 Å². The predicted octanol–water partition coefficient (Wildman–Crippen LogP) is 3.57. The van der Waals surface area contributed by atoms with Crippen molar-refractivity contribution in [2.24, 2.45) is 0 Å². The maximum absolute atomic E-state index is 12.9. The number of fused-ring (bicyclic) bond motifs is 1. The molecule has 4 nitrogen and oxygen atoms in total. The maximum Gasteiger partial charge on any atom is 0.265 e. The number of anilines is 2. The Balaban J connectivity index is 1.73. The van der Waals surface area contributed by atoms with Gasteiger partial charge in [0, 0.05) is 24.8 Å². The highest BCUT2D eigenvalue weighted by molar-refractivity contribution is 5.98. The van der Waals surface area contributed by atoms with Crippen molar-refractivity contribution in [1.29, 1.82) is 0 Å². The van der Waals surface area contributed by atoms with Crippen LogP contribution in [0, 0.1) is 5.82 Å². The highest BCUT2D eigenvalue weighted by Gasteiger charge is 2.24. The normalized spacial score (nSPS) is 13.5. The number of hydrogen-bond acceptors (Lipinski definition) is 3. The van der Waals surface area contributed by atoms with E-state index in [9.17, 15) is 9.18 Å². The molecule has 2 aromatic rings. The second-order valence-electron chi connectivity index (χ2n) is 5.50. The maximum atomic E-state index is 12.9. The zero-order valence-electron chi connectivity index (χ0n) is 13.0. The quantitative estimate of drug-likeness (QED) is 0.917. The smallest absolute Gasteiger partial charge is 0.265 e. The van der Waals surface area contributed by atoms with Gasteiger partial charge in [0.2, 0.25) is 0 Å². The van der Waals surface area contributed by atoms with Crippen LogP contribution in [0.2, 0.25) is 0 Å². The second-order valence-corrected chi connectivity index (χ2v) is 5.50. The van der Waals surface area contributed by atoms with Gasteiger partial charge in [0.15, 0.2) is 6.61 Å². The van der Waals surface area contributed by atoms with Gasteiger partial charge in [-0.3, -0.25) is 4.79 Å². The standard InChI is InChI=1S/C18H19FN2O2/c1-2-9-21-16-8-7-15(10-17(16)23-12-18(21)22)20-11-13-3-5-14(19)6-4-13/h3-8,10,20H,2,9,11-12H2,1H3. The van der Waals surface area contributed by atoms with Gasteiger partial charge in [-0.05, 0) is 36.2 Å². The monoisotopic (exact) mass is 314 g/mol. The average molecular weight is 314 g/mol. The van der Waals surface area contributed by atoms with E-state index in [0.717, 1.165) is 23.4 Å². The van der Waals surface area contributed by atoms with Crippen molar-refractivity contribution in [3.05, 3.63) is 53.8 Å². The van der Waals surface area contributed by atoms with E-state index in [-0.39, 0.29) is 18.3 Å². The molecule has 0 radical (unpaired) electrons. The molecule has 0 unspecified atom stereocenters. The SMILES string of the molecule is CCCN1C(=O)COc2cc(NCc3ccc(F)cc3)ccc21. The molecule has 5 heteroatoms. The molecule has 2 aromatic carbocycles. The van der Waals surface area contributed by atoms with Gasteiger partial charge in [0.25, 0.3) is 5.91 Å². The number of ether oxygens (including phenoxy) is 1. The van der Waals surface area contributed by atoms with Crippen LogP contribution >= 0.6 is 0 Å². The van der Waals surface area contributed by atoms with Crippen LogP contribution in [0.4, 0.5) is 15.8 Å². The van der Waals surface area contributed by atoms with Crippen molar-refractivity contribution < 1.29 is 13.9 Å². The van der Waals surface area contributed by atoms with Crippen LogP contribution in [0.1, 0.15) is 18.9 Å². The fourth-order valence-corrected chi connectivity index (χ4v) is 2.59. The molecule has 1 N–H and O–H groups in total. The van der Waals surface area contributed by atoms with Crippen LogP contribution in [-0.4, -0.2) is 19.1 Å². The number of carbonyl (C=O) groups excluding carboxylic acids is 1. The molecule has 0 spiro atoms. The molecule has 0 bridgehead atoms. The highest BCUT2D eigenvalue weighted by atomic mass is 19.1. The number of carbonyl (C=O) groups is 1. The molecule has 1 amide bonds. The van der Waals surface area contributed by atoms with Crippen molar-refractivity contribution in [3.63, 3.8) is 0 Å². The fraction of sp³-hybridized carbons (Fsp3) is 0.278. The van der Waals surface area contributed by atoms with Crippen LogP contribution < -0.4 is 15.0 Å². The zero-order chi connectivity index (χ0) is 16.2. The number of amides is 1. The summed E-state index contributed by atoms with van der Waals surface area (Å²) in [7, 11) is 0. The lowest BCUT2D eigenvalue weighted by Gasteiger charge is -2.29. The molecule has 3 rings (SSSR count). The topological polar surface area (TPSA) is 41.6 Å². The summed E-state index contributed by atoms with van der Waals surface area (Å²) in [5, 5.41) is 3.28. The second kappa shape index (κ2) is 6.69. The van der Waals surface area contributed by atoms with E-state index < -0.39 is 0 Å². The molecule has 120 valence electrons. The first-order valence-corrected chi connectivity index (χ1v) is 7.73. The molecule has 0 saturated carbocycles. The Morgan fingerprint density at radius 1 is 1.22 bits per heavy atom. The van der Waals surface area contributed by atoms with E-state index in [1.807, 2.05) is 25.1 Å². The molecule has 0 atom stereocenters. The van der Waals surface area contributed by atoms with Crippen LogP contribution in [0.25, 0.3) is 0 Å². The molecule has 1 heterocycles. The van der Waals surface area contributed by atoms with E-state index in [0.29, 0.717) is 18.8 Å². The fourth-order valence-electron chi connectivity index (χ4n) is 2.59. The molecule has 1 aliphatic rings. The minimum atomic E-state index is -0.239. The molecule has 1 aliphatic heterocycles. The predicted molar refractivity (Wildman–Crippen MR) is 88.3 cm³/mol. The van der Waals surface area contributed by atoms with E-state index in [4.69, 9.17) is 4.74 Å². The van der Waals surface area contributed by atoms with Gasteiger partial charge in [-0.15, -0.1) is 0 Å². The van der Waals surface area contributed by atoms with Gasteiger partial charge < -0.3 is 15.0 Å². The van der Waals surface area contributed by atoms with Crippen molar-refractivity contribution in [2.75, 3.05) is 23.4 Å². The summed E-state index contributed by atoms with van der Waals surface area (Å²) in [5.41, 5.74) is 2.71. The van der Waals surface area contributed by atoms with Gasteiger partial charge in [-0.2, -0.15) is 0 Å². The molecule has 0 saturated heterocycles. The zero-order valence-corrected chi connectivity index (χ0v) is 13.0. The third-order valence-electron chi connectivity index (χ3n) is 3.76. The summed E-state index contributed by atoms with van der Waals surface area (Å²) >= 11 is 0. The number of hydrogen-bond donors (Lipinski definition) is 1. The molecule has 0 fully saturated rings. The molecular weight excluding hydrogens is 295 g/mol. The van der Waals surface area contributed by atoms with Gasteiger partial charge in [0.05, 0.1) is 5.69 Å². The third kappa shape index (κ3) is 3.44. The minimum absolute atomic E-state index is 0.00799. The molecule has 23 heavy (non-hydrogen) atoms. The van der Waals surface area contributed by atoms with Gasteiger partial charge in [0.1, 0.15) is 11.6 Å². The summed E-state index contributed by atoms with van der Waals surface area (Å²) < 4.78 is 18.4. The number of nitrogens with zero attached hydrogens (tertiary/aromatic N) is 1. The van der Waals surface area contributed by atoms with Crippen LogP contribution in [0.5, 0.6) is 5.75 Å². The minimum Gasteiger partial charge on any atom is -0.481 e. The first kappa shape index (κ1) is 15.3. The van der Waals surface area contributed by atoms with Gasteiger partial charge >= 0.3 is 0 Å². The van der Waals surface area contributed by atoms with E-state index in [2.05, 4.69) is 5.32 Å². The average Bonchev–Trinajstić information content (AvgIpc) is 2.57. The first-order chi connectivity index (χ1) is 11.2. The number of rotatable bonds is 5. The molecule has 0 aromatic heterocycles. The number of nitrogens with one attached hydrogen (secondary N) is 1. The summed E-state index contributed by atoms with van der Waals surface area (Å²) in [5.74, 6) is 0.463. The number of benzene rings is 2. The third-order valence-corrected chi connectivity index (χ3v) is 3.76. The Morgan fingerprint density at radius 3 is 2.74 bits per heavy atom. The van der Waals surface area contributed by atoms with Crippen LogP contribution in [0.3, 0.4) is 0 Å². The van der Waals surface area contributed by atoms with Gasteiger partial charge in [-0.1, -0.05) is 19.1 Å². The van der Waals surface area contributed by atoms with Crippen LogP contribution in [0.15, 0.2) is 42.5 Å². The van der Waals surface area contributed by atoms with Crippen molar-refractivity contribution in [2.45, 2.75) is 19.9 Å². The summed E-state index contributed by atoms with van der Waals surface area (Å²) in [6, 6.07) is 12.1. The van der Waals surface area contributed by atoms with Crippen LogP contribution in [-0.2, 0) is 11.3 Å². The highest BCUT2D eigenvalue weighted by Crippen LogP contribution is 2.34. The Labute approximate surface area is 134 Å². The first-order valence-electron chi connectivity index (χ1n) is 7.73. The Bertz CT molecular complexity index is 701. The van der Waals surface area contributed by atoms with Crippen molar-refractivity contribution in [1.82, 2.24) is 0 Å². The lowest BCUT2D eigenvalue weighted by Crippen LogP contribution is -2.39. The Hall–Kier alpha value is -2.56. The lowest BCUT2D eigenvalue weighted by atomic mass is 10.2. The molecular formula is C18H19FN2O2. The Kier molecular flexibility index (Phi) is 4.46. The number of halogens is 1. The Morgan fingerprint density at radius 2 is 2.00 bits per heavy atom. The summed E-state index contributed by atoms with van der Waals surface area (Å²) in [4.78, 5) is 13.7. The van der Waals surface area contributed by atoms with E-state index >= 15 is 0 Å². The largest absolute Gasteiger partial charge is 0.481 e. The van der Waals surface area contributed by atoms with E-state index in [1.54, 1.807) is 17.0 Å². The lowest BCUT2D eigenvalue weighted by molar-refractivity contribution is -0.121. The molecule has 0 aliphatic carbocycles. The van der Waals surface area contributed by atoms with Gasteiger partial charge in [-0.25, -0.2) is 4.39 Å². The summed E-state index contributed by atoms with van der Waals surface area (Å²) in [6.45, 7) is 3.41.